The minimum atomic E-state index is -0.0382. The highest BCUT2D eigenvalue weighted by atomic mass is 35.5. The Balaban J connectivity index is 2.36. The van der Waals surface area contributed by atoms with Gasteiger partial charge in [-0.05, 0) is 6.92 Å². The van der Waals surface area contributed by atoms with Crippen LogP contribution in [0.25, 0.3) is 0 Å². The second-order valence-corrected chi connectivity index (χ2v) is 2.97. The maximum atomic E-state index is 5.92. The molecule has 1 atom stereocenters. The van der Waals surface area contributed by atoms with E-state index in [1.807, 2.05) is 13.1 Å². The zero-order valence-corrected chi connectivity index (χ0v) is 6.89. The Morgan fingerprint density at radius 2 is 2.55 bits per heavy atom. The van der Waals surface area contributed by atoms with E-state index in [9.17, 15) is 0 Å². The number of hydrogen-bond donors (Lipinski definition) is 1. The molecule has 0 fully saturated rings. The molecular weight excluding hydrogens is 162 g/mol. The van der Waals surface area contributed by atoms with Crippen LogP contribution in [0.15, 0.2) is 20.7 Å². The molecule has 0 saturated heterocycles. The lowest BCUT2D eigenvalue weighted by atomic mass is 10.2. The van der Waals surface area contributed by atoms with Crippen molar-refractivity contribution in [2.75, 3.05) is 0 Å². The third-order valence-electron chi connectivity index (χ3n) is 1.76. The van der Waals surface area contributed by atoms with Crippen molar-refractivity contribution in [1.82, 2.24) is 5.32 Å². The predicted octanol–water partition coefficient (Wildman–Crippen LogP) is 1.26. The van der Waals surface area contributed by atoms with Crippen molar-refractivity contribution in [1.29, 1.82) is 0 Å². The molecule has 2 aliphatic rings. The highest BCUT2D eigenvalue weighted by Crippen LogP contribution is 2.25. The van der Waals surface area contributed by atoms with Crippen LogP contribution in [0.2, 0.25) is 0 Å². The van der Waals surface area contributed by atoms with E-state index in [0.717, 1.165) is 17.8 Å². The number of rotatable bonds is 0. The first-order valence-electron chi connectivity index (χ1n) is 3.49. The van der Waals surface area contributed by atoms with Crippen LogP contribution in [0.5, 0.6) is 0 Å². The average Bonchev–Trinajstić information content (AvgIpc) is 2.34. The van der Waals surface area contributed by atoms with Crippen LogP contribution in [0.3, 0.4) is 0 Å². The predicted molar refractivity (Wildman–Crippen MR) is 46.0 cm³/mol. The summed E-state index contributed by atoms with van der Waals surface area (Å²) in [7, 11) is 0. The fourth-order valence-electron chi connectivity index (χ4n) is 1.22. The van der Waals surface area contributed by atoms with E-state index in [-0.39, 0.29) is 6.17 Å². The maximum absolute atomic E-state index is 5.92. The van der Waals surface area contributed by atoms with E-state index >= 15 is 0 Å². The molecule has 2 aliphatic heterocycles. The largest absolute Gasteiger partial charge is 0.335 e. The van der Waals surface area contributed by atoms with Crippen LogP contribution in [0, 0.1) is 0 Å². The van der Waals surface area contributed by atoms with Crippen molar-refractivity contribution in [3.05, 3.63) is 10.7 Å². The van der Waals surface area contributed by atoms with E-state index in [1.165, 1.54) is 0 Å². The van der Waals surface area contributed by atoms with E-state index in [1.54, 1.807) is 0 Å². The van der Waals surface area contributed by atoms with E-state index < -0.39 is 0 Å². The SMILES string of the molecule is CC1=N[C@@H]2N=CCC2=C(Cl)N1. The first-order valence-corrected chi connectivity index (χ1v) is 3.87. The number of fused-ring (bicyclic) bond motifs is 1. The lowest BCUT2D eigenvalue weighted by Gasteiger charge is -2.16. The van der Waals surface area contributed by atoms with Crippen LogP contribution in [-0.2, 0) is 0 Å². The summed E-state index contributed by atoms with van der Waals surface area (Å²) in [6.07, 6.45) is 2.64. The van der Waals surface area contributed by atoms with Gasteiger partial charge in [-0.1, -0.05) is 11.6 Å². The van der Waals surface area contributed by atoms with E-state index in [0.29, 0.717) is 5.16 Å². The van der Waals surface area contributed by atoms with Gasteiger partial charge in [-0.25, -0.2) is 4.99 Å². The van der Waals surface area contributed by atoms with Gasteiger partial charge in [0.1, 0.15) is 11.0 Å². The van der Waals surface area contributed by atoms with Gasteiger partial charge < -0.3 is 5.32 Å². The second kappa shape index (κ2) is 2.34. The lowest BCUT2D eigenvalue weighted by molar-refractivity contribution is 0.802. The van der Waals surface area contributed by atoms with E-state index in [4.69, 9.17) is 11.6 Å². The van der Waals surface area contributed by atoms with Crippen molar-refractivity contribution >= 4 is 23.7 Å². The van der Waals surface area contributed by atoms with Gasteiger partial charge in [-0.15, -0.1) is 0 Å². The Morgan fingerprint density at radius 1 is 1.73 bits per heavy atom. The van der Waals surface area contributed by atoms with Crippen molar-refractivity contribution in [3.63, 3.8) is 0 Å². The quantitative estimate of drug-likeness (QED) is 0.545. The minimum absolute atomic E-state index is 0.0382. The molecule has 0 aromatic rings. The molecule has 0 aliphatic carbocycles. The van der Waals surface area contributed by atoms with Crippen LogP contribution >= 0.6 is 11.6 Å². The highest BCUT2D eigenvalue weighted by Gasteiger charge is 2.23. The van der Waals surface area contributed by atoms with Crippen molar-refractivity contribution < 1.29 is 0 Å². The molecule has 0 aromatic carbocycles. The summed E-state index contributed by atoms with van der Waals surface area (Å²) in [6.45, 7) is 1.88. The monoisotopic (exact) mass is 169 g/mol. The molecule has 0 radical (unpaired) electrons. The molecule has 1 N–H and O–H groups in total. The van der Waals surface area contributed by atoms with Gasteiger partial charge >= 0.3 is 0 Å². The first kappa shape index (κ1) is 6.85. The van der Waals surface area contributed by atoms with Crippen LogP contribution in [-0.4, -0.2) is 18.2 Å². The summed E-state index contributed by atoms with van der Waals surface area (Å²) in [4.78, 5) is 8.42. The van der Waals surface area contributed by atoms with Gasteiger partial charge in [-0.2, -0.15) is 0 Å². The van der Waals surface area contributed by atoms with Crippen molar-refractivity contribution in [2.24, 2.45) is 9.98 Å². The molecule has 0 amide bonds. The van der Waals surface area contributed by atoms with Crippen LogP contribution < -0.4 is 5.32 Å². The second-order valence-electron chi connectivity index (χ2n) is 2.59. The van der Waals surface area contributed by atoms with Gasteiger partial charge in [0, 0.05) is 18.2 Å². The molecule has 11 heavy (non-hydrogen) atoms. The molecule has 4 heteroatoms. The van der Waals surface area contributed by atoms with Crippen molar-refractivity contribution in [2.45, 2.75) is 19.5 Å². The topological polar surface area (TPSA) is 36.8 Å². The number of amidine groups is 1. The van der Waals surface area contributed by atoms with Gasteiger partial charge in [0.2, 0.25) is 0 Å². The molecule has 2 rings (SSSR count). The average molecular weight is 170 g/mol. The Morgan fingerprint density at radius 3 is 3.36 bits per heavy atom. The standard InChI is InChI=1S/C7H8ClN3/c1-4-10-6(8)5-2-3-9-7(5)11-4/h3,7H,2H2,1H3,(H,10,11)/t7-/m0/s1. The molecule has 0 spiro atoms. The minimum Gasteiger partial charge on any atom is -0.335 e. The maximum Gasteiger partial charge on any atom is 0.166 e. The van der Waals surface area contributed by atoms with Gasteiger partial charge in [-0.3, -0.25) is 4.99 Å². The fourth-order valence-corrected chi connectivity index (χ4v) is 1.53. The third kappa shape index (κ3) is 1.05. The Bertz CT molecular complexity index is 277. The Labute approximate surface area is 69.9 Å². The molecule has 58 valence electrons. The van der Waals surface area contributed by atoms with E-state index in [2.05, 4.69) is 15.3 Å². The molecule has 0 bridgehead atoms. The normalized spacial score (nSPS) is 28.2. The summed E-state index contributed by atoms with van der Waals surface area (Å²) in [5.74, 6) is 0.836. The van der Waals surface area contributed by atoms with Crippen molar-refractivity contribution in [3.8, 4) is 0 Å². The van der Waals surface area contributed by atoms with Gasteiger partial charge in [0.25, 0.3) is 0 Å². The summed E-state index contributed by atoms with van der Waals surface area (Å²) >= 11 is 5.92. The summed E-state index contributed by atoms with van der Waals surface area (Å²) < 4.78 is 0. The number of halogens is 1. The molecule has 2 heterocycles. The number of hydrogen-bond acceptors (Lipinski definition) is 3. The number of aliphatic imine (C=N–C) groups is 2. The Hall–Kier alpha value is -0.830. The molecule has 0 saturated carbocycles. The number of nitrogens with one attached hydrogen (secondary N) is 1. The summed E-state index contributed by atoms with van der Waals surface area (Å²) in [6, 6.07) is 0. The third-order valence-corrected chi connectivity index (χ3v) is 2.10. The smallest absolute Gasteiger partial charge is 0.166 e. The molecular formula is C7H8ClN3. The first-order chi connectivity index (χ1) is 5.27. The number of nitrogens with zero attached hydrogens (tertiary/aromatic N) is 2. The summed E-state index contributed by atoms with van der Waals surface area (Å²) in [5.41, 5.74) is 1.08. The molecule has 3 nitrogen and oxygen atoms in total. The zero-order valence-electron chi connectivity index (χ0n) is 6.13. The zero-order chi connectivity index (χ0) is 7.84. The summed E-state index contributed by atoms with van der Waals surface area (Å²) in [5, 5.41) is 3.66. The Kier molecular flexibility index (Phi) is 1.46. The lowest BCUT2D eigenvalue weighted by Crippen LogP contribution is -2.26. The van der Waals surface area contributed by atoms with Gasteiger partial charge in [0.05, 0.1) is 0 Å². The van der Waals surface area contributed by atoms with Crippen LogP contribution in [0.4, 0.5) is 0 Å². The highest BCUT2D eigenvalue weighted by molar-refractivity contribution is 6.31. The fraction of sp³-hybridized carbons (Fsp3) is 0.429. The van der Waals surface area contributed by atoms with Gasteiger partial charge in [0.15, 0.2) is 6.17 Å². The molecule has 0 unspecified atom stereocenters. The molecule has 0 aromatic heterocycles. The van der Waals surface area contributed by atoms with Crippen LogP contribution in [0.1, 0.15) is 13.3 Å².